The molecule has 3 aromatic rings. The van der Waals surface area contributed by atoms with Gasteiger partial charge in [-0.25, -0.2) is 4.98 Å². The van der Waals surface area contributed by atoms with Gasteiger partial charge in [-0.05, 0) is 62.1 Å². The van der Waals surface area contributed by atoms with Crippen molar-refractivity contribution in [3.8, 4) is 5.75 Å². The number of para-hydroxylation sites is 2. The van der Waals surface area contributed by atoms with Gasteiger partial charge in [-0.15, -0.1) is 0 Å². The number of aromatic nitrogens is 2. The highest BCUT2D eigenvalue weighted by Gasteiger charge is 2.10. The highest BCUT2D eigenvalue weighted by Crippen LogP contribution is 2.20. The maximum absolute atomic E-state index is 11.5. The second-order valence-electron chi connectivity index (χ2n) is 6.91. The Morgan fingerprint density at radius 1 is 1.21 bits per heavy atom. The summed E-state index contributed by atoms with van der Waals surface area (Å²) in [6, 6.07) is 14.3. The van der Waals surface area contributed by atoms with Crippen LogP contribution in [-0.2, 0) is 17.9 Å². The van der Waals surface area contributed by atoms with Gasteiger partial charge < -0.3 is 14.6 Å². The van der Waals surface area contributed by atoms with Crippen molar-refractivity contribution in [2.24, 2.45) is 0 Å². The fraction of sp³-hybridized carbons (Fsp3) is 0.304. The van der Waals surface area contributed by atoms with Gasteiger partial charge in [0.15, 0.2) is 0 Å². The smallest absolute Gasteiger partial charge is 0.243 e. The molecule has 1 aromatic heterocycles. The molecule has 0 unspecified atom stereocenters. The van der Waals surface area contributed by atoms with Crippen LogP contribution in [0.5, 0.6) is 5.75 Å². The van der Waals surface area contributed by atoms with E-state index in [-0.39, 0.29) is 5.91 Å². The second kappa shape index (κ2) is 9.22. The number of hydrogen-bond acceptors (Lipinski definition) is 3. The molecule has 0 fully saturated rings. The third-order valence-corrected chi connectivity index (χ3v) is 4.72. The SMILES string of the molecule is C=CC(=O)NCc1nc2ccccc2n1CCCCOc1cc(C)ccc1C. The van der Waals surface area contributed by atoms with Crippen LogP contribution >= 0.6 is 0 Å². The van der Waals surface area contributed by atoms with Crippen LogP contribution in [0.3, 0.4) is 0 Å². The van der Waals surface area contributed by atoms with Crippen LogP contribution in [0, 0.1) is 13.8 Å². The molecule has 0 aliphatic heterocycles. The van der Waals surface area contributed by atoms with E-state index in [2.05, 4.69) is 59.6 Å². The maximum atomic E-state index is 11.5. The molecule has 1 heterocycles. The third-order valence-electron chi connectivity index (χ3n) is 4.72. The second-order valence-corrected chi connectivity index (χ2v) is 6.91. The molecule has 5 nitrogen and oxygen atoms in total. The zero-order valence-corrected chi connectivity index (χ0v) is 16.6. The third kappa shape index (κ3) is 4.80. The van der Waals surface area contributed by atoms with Crippen molar-refractivity contribution < 1.29 is 9.53 Å². The highest BCUT2D eigenvalue weighted by atomic mass is 16.5. The number of benzene rings is 2. The lowest BCUT2D eigenvalue weighted by atomic mass is 10.1. The van der Waals surface area contributed by atoms with Crippen molar-refractivity contribution >= 4 is 16.9 Å². The molecule has 1 amide bonds. The number of aryl methyl sites for hydroxylation is 3. The Labute approximate surface area is 166 Å². The molecule has 0 saturated carbocycles. The molecule has 0 bridgehead atoms. The van der Waals surface area contributed by atoms with E-state index in [0.29, 0.717) is 13.2 Å². The quantitative estimate of drug-likeness (QED) is 0.446. The number of carbonyl (C=O) groups excluding carboxylic acids is 1. The van der Waals surface area contributed by atoms with Crippen molar-refractivity contribution in [3.63, 3.8) is 0 Å². The van der Waals surface area contributed by atoms with E-state index < -0.39 is 0 Å². The first kappa shape index (κ1) is 19.7. The highest BCUT2D eigenvalue weighted by molar-refractivity contribution is 5.86. The van der Waals surface area contributed by atoms with Crippen molar-refractivity contribution in [1.82, 2.24) is 14.9 Å². The van der Waals surface area contributed by atoms with Crippen molar-refractivity contribution in [2.75, 3.05) is 6.61 Å². The molecule has 0 aliphatic rings. The first-order valence-corrected chi connectivity index (χ1v) is 9.63. The lowest BCUT2D eigenvalue weighted by molar-refractivity contribution is -0.116. The lowest BCUT2D eigenvalue weighted by Crippen LogP contribution is -2.22. The van der Waals surface area contributed by atoms with E-state index in [1.165, 1.54) is 11.6 Å². The zero-order chi connectivity index (χ0) is 19.9. The Balaban J connectivity index is 1.60. The fourth-order valence-corrected chi connectivity index (χ4v) is 3.17. The minimum atomic E-state index is -0.194. The topological polar surface area (TPSA) is 56.2 Å². The van der Waals surface area contributed by atoms with Gasteiger partial charge in [0.25, 0.3) is 0 Å². The normalized spacial score (nSPS) is 10.8. The van der Waals surface area contributed by atoms with E-state index >= 15 is 0 Å². The predicted molar refractivity (Wildman–Crippen MR) is 112 cm³/mol. The zero-order valence-electron chi connectivity index (χ0n) is 16.6. The van der Waals surface area contributed by atoms with Crippen LogP contribution in [-0.4, -0.2) is 22.1 Å². The largest absolute Gasteiger partial charge is 0.493 e. The number of imidazole rings is 1. The van der Waals surface area contributed by atoms with Crippen LogP contribution in [0.1, 0.15) is 29.8 Å². The van der Waals surface area contributed by atoms with Crippen LogP contribution < -0.4 is 10.1 Å². The van der Waals surface area contributed by atoms with Gasteiger partial charge in [-0.1, -0.05) is 30.8 Å². The predicted octanol–water partition coefficient (Wildman–Crippen LogP) is 4.31. The van der Waals surface area contributed by atoms with Gasteiger partial charge in [-0.2, -0.15) is 0 Å². The Bertz CT molecular complexity index is 975. The molecule has 146 valence electrons. The summed E-state index contributed by atoms with van der Waals surface area (Å²) in [5.74, 6) is 1.62. The Morgan fingerprint density at radius 3 is 2.86 bits per heavy atom. The minimum Gasteiger partial charge on any atom is -0.493 e. The average Bonchev–Trinajstić information content (AvgIpc) is 3.06. The van der Waals surface area contributed by atoms with Crippen molar-refractivity contribution in [1.29, 1.82) is 0 Å². The van der Waals surface area contributed by atoms with Gasteiger partial charge in [0.1, 0.15) is 11.6 Å². The maximum Gasteiger partial charge on any atom is 0.243 e. The van der Waals surface area contributed by atoms with Crippen LogP contribution in [0.4, 0.5) is 0 Å². The summed E-state index contributed by atoms with van der Waals surface area (Å²) in [4.78, 5) is 16.2. The standard InChI is InChI=1S/C23H27N3O2/c1-4-23(27)24-16-22-25-19-9-5-6-10-20(19)26(22)13-7-8-14-28-21-15-17(2)11-12-18(21)3/h4-6,9-12,15H,1,7-8,13-14,16H2,2-3H3,(H,24,27). The molecule has 1 N–H and O–H groups in total. The molecular formula is C23H27N3O2. The molecule has 3 rings (SSSR count). The Kier molecular flexibility index (Phi) is 6.48. The van der Waals surface area contributed by atoms with Crippen LogP contribution in [0.15, 0.2) is 55.1 Å². The van der Waals surface area contributed by atoms with Gasteiger partial charge >= 0.3 is 0 Å². The summed E-state index contributed by atoms with van der Waals surface area (Å²) >= 11 is 0. The summed E-state index contributed by atoms with van der Waals surface area (Å²) in [7, 11) is 0. The molecule has 0 saturated heterocycles. The summed E-state index contributed by atoms with van der Waals surface area (Å²) in [5.41, 5.74) is 4.39. The van der Waals surface area contributed by atoms with E-state index in [1.807, 2.05) is 18.2 Å². The Morgan fingerprint density at radius 2 is 2.04 bits per heavy atom. The van der Waals surface area contributed by atoms with Gasteiger partial charge in [0.2, 0.25) is 5.91 Å². The molecular weight excluding hydrogens is 350 g/mol. The molecule has 2 aromatic carbocycles. The van der Waals surface area contributed by atoms with Crippen LogP contribution in [0.2, 0.25) is 0 Å². The first-order chi connectivity index (χ1) is 13.6. The van der Waals surface area contributed by atoms with Gasteiger partial charge in [0, 0.05) is 6.54 Å². The van der Waals surface area contributed by atoms with E-state index in [1.54, 1.807) is 0 Å². The van der Waals surface area contributed by atoms with Gasteiger partial charge in [-0.3, -0.25) is 4.79 Å². The molecule has 0 spiro atoms. The molecule has 5 heteroatoms. The van der Waals surface area contributed by atoms with Crippen molar-refractivity contribution in [2.45, 2.75) is 39.8 Å². The molecule has 0 atom stereocenters. The lowest BCUT2D eigenvalue weighted by Gasteiger charge is -2.12. The number of nitrogens with zero attached hydrogens (tertiary/aromatic N) is 2. The van der Waals surface area contributed by atoms with E-state index in [9.17, 15) is 4.79 Å². The number of fused-ring (bicyclic) bond motifs is 1. The first-order valence-electron chi connectivity index (χ1n) is 9.63. The number of nitrogens with one attached hydrogen (secondary N) is 1. The monoisotopic (exact) mass is 377 g/mol. The molecule has 0 radical (unpaired) electrons. The van der Waals surface area contributed by atoms with Gasteiger partial charge in [0.05, 0.1) is 24.2 Å². The minimum absolute atomic E-state index is 0.194. The number of rotatable bonds is 9. The average molecular weight is 377 g/mol. The number of amides is 1. The van der Waals surface area contributed by atoms with E-state index in [0.717, 1.165) is 47.6 Å². The summed E-state index contributed by atoms with van der Waals surface area (Å²) < 4.78 is 8.13. The number of ether oxygens (including phenoxy) is 1. The number of carbonyl (C=O) groups is 1. The number of hydrogen-bond donors (Lipinski definition) is 1. The summed E-state index contributed by atoms with van der Waals surface area (Å²) in [6.07, 6.45) is 3.18. The van der Waals surface area contributed by atoms with Crippen molar-refractivity contribution in [3.05, 3.63) is 72.1 Å². The van der Waals surface area contributed by atoms with Crippen LogP contribution in [0.25, 0.3) is 11.0 Å². The number of unbranched alkanes of at least 4 members (excludes halogenated alkanes) is 1. The summed E-state index contributed by atoms with van der Waals surface area (Å²) in [6.45, 7) is 9.53. The fourth-order valence-electron chi connectivity index (χ4n) is 3.17. The Hall–Kier alpha value is -3.08. The molecule has 0 aliphatic carbocycles. The summed E-state index contributed by atoms with van der Waals surface area (Å²) in [5, 5.41) is 2.82. The molecule has 28 heavy (non-hydrogen) atoms. The van der Waals surface area contributed by atoms with E-state index in [4.69, 9.17) is 4.74 Å².